The highest BCUT2D eigenvalue weighted by Gasteiger charge is 2.13. The second-order valence-electron chi connectivity index (χ2n) is 3.78. The van der Waals surface area contributed by atoms with Crippen LogP contribution in [0.5, 0.6) is 0 Å². The summed E-state index contributed by atoms with van der Waals surface area (Å²) < 4.78 is 0.722. The number of nitrogens with zero attached hydrogens (tertiary/aromatic N) is 2. The number of halogens is 2. The minimum atomic E-state index is -1.12. The average Bonchev–Trinajstić information content (AvgIpc) is 2.26. The first kappa shape index (κ1) is 15.7. The smallest absolute Gasteiger partial charge is 0.325 e. The maximum atomic E-state index is 11.3. The highest BCUT2D eigenvalue weighted by Crippen LogP contribution is 2.22. The fraction of sp³-hybridized carbons (Fsp3) is 0.250. The first-order chi connectivity index (χ1) is 8.81. The Morgan fingerprint density at radius 1 is 1.42 bits per heavy atom. The largest absolute Gasteiger partial charge is 0.480 e. The van der Waals surface area contributed by atoms with Crippen LogP contribution in [0.25, 0.3) is 0 Å². The summed E-state index contributed by atoms with van der Waals surface area (Å²) in [5.41, 5.74) is 1.25. The van der Waals surface area contributed by atoms with Crippen molar-refractivity contribution in [2.24, 2.45) is 5.10 Å². The van der Waals surface area contributed by atoms with Crippen molar-refractivity contribution >= 4 is 45.1 Å². The lowest BCUT2D eigenvalue weighted by molar-refractivity contribution is -0.143. The van der Waals surface area contributed by atoms with Crippen LogP contribution in [0.3, 0.4) is 0 Å². The van der Waals surface area contributed by atoms with Gasteiger partial charge in [-0.15, -0.1) is 0 Å². The predicted molar refractivity (Wildman–Crippen MR) is 76.4 cm³/mol. The summed E-state index contributed by atoms with van der Waals surface area (Å²) in [4.78, 5) is 22.0. The van der Waals surface area contributed by atoms with Gasteiger partial charge in [-0.2, -0.15) is 5.10 Å². The Bertz CT molecular complexity index is 546. The Labute approximate surface area is 124 Å². The van der Waals surface area contributed by atoms with Gasteiger partial charge in [0, 0.05) is 22.0 Å². The fourth-order valence-electron chi connectivity index (χ4n) is 1.36. The molecule has 0 bridgehead atoms. The van der Waals surface area contributed by atoms with Crippen molar-refractivity contribution in [2.75, 3.05) is 6.54 Å². The van der Waals surface area contributed by atoms with Gasteiger partial charge in [0.15, 0.2) is 0 Å². The minimum absolute atomic E-state index is 0.438. The van der Waals surface area contributed by atoms with E-state index in [0.717, 1.165) is 15.0 Å². The molecule has 0 heterocycles. The Kier molecular flexibility index (Phi) is 5.50. The molecule has 1 aromatic rings. The Morgan fingerprint density at radius 2 is 2.05 bits per heavy atom. The van der Waals surface area contributed by atoms with Gasteiger partial charge >= 0.3 is 5.97 Å². The van der Waals surface area contributed by atoms with Crippen molar-refractivity contribution in [1.29, 1.82) is 0 Å². The molecular formula is C12H12BrClN2O3. The molecule has 0 aliphatic heterocycles. The summed E-state index contributed by atoms with van der Waals surface area (Å²) in [7, 11) is 0. The number of aliphatic carboxylic acids is 1. The number of carbonyl (C=O) groups is 2. The molecule has 0 fully saturated rings. The van der Waals surface area contributed by atoms with Crippen LogP contribution in [0.4, 0.5) is 0 Å². The molecule has 0 saturated heterocycles. The van der Waals surface area contributed by atoms with E-state index in [2.05, 4.69) is 21.0 Å². The first-order valence-electron chi connectivity index (χ1n) is 5.31. The van der Waals surface area contributed by atoms with Crippen LogP contribution < -0.4 is 0 Å². The lowest BCUT2D eigenvalue weighted by atomic mass is 10.1. The van der Waals surface area contributed by atoms with E-state index in [1.165, 1.54) is 6.92 Å². The monoisotopic (exact) mass is 346 g/mol. The van der Waals surface area contributed by atoms with Crippen molar-refractivity contribution in [3.05, 3.63) is 33.3 Å². The lowest BCUT2D eigenvalue weighted by Crippen LogP contribution is -2.30. The molecule has 102 valence electrons. The highest BCUT2D eigenvalue weighted by atomic mass is 79.9. The van der Waals surface area contributed by atoms with Crippen LogP contribution in [0.1, 0.15) is 19.4 Å². The molecule has 0 spiro atoms. The number of hydrogen-bond donors (Lipinski definition) is 1. The molecule has 0 radical (unpaired) electrons. The molecule has 1 aromatic carbocycles. The zero-order chi connectivity index (χ0) is 14.6. The van der Waals surface area contributed by atoms with Gasteiger partial charge in [-0.3, -0.25) is 9.59 Å². The number of hydrogen-bond acceptors (Lipinski definition) is 3. The van der Waals surface area contributed by atoms with Gasteiger partial charge in [0.1, 0.15) is 6.54 Å². The second kappa shape index (κ2) is 6.68. The number of carboxylic acids is 1. The Hall–Kier alpha value is -1.40. The van der Waals surface area contributed by atoms with E-state index < -0.39 is 18.4 Å². The molecule has 7 heteroatoms. The molecule has 1 amide bonds. The predicted octanol–water partition coefficient (Wildman–Crippen LogP) is 2.76. The molecule has 19 heavy (non-hydrogen) atoms. The van der Waals surface area contributed by atoms with Crippen LogP contribution in [0, 0.1) is 0 Å². The summed E-state index contributed by atoms with van der Waals surface area (Å²) in [6.45, 7) is 2.47. The van der Waals surface area contributed by atoms with Crippen molar-refractivity contribution in [2.45, 2.75) is 13.8 Å². The fourth-order valence-corrected chi connectivity index (χ4v) is 2.33. The average molecular weight is 348 g/mol. The quantitative estimate of drug-likeness (QED) is 0.672. The molecule has 0 saturated carbocycles. The molecule has 1 rings (SSSR count). The molecule has 1 N–H and O–H groups in total. The summed E-state index contributed by atoms with van der Waals surface area (Å²) >= 11 is 9.18. The number of rotatable bonds is 4. The number of carboxylic acid groups (broad SMARTS) is 1. The zero-order valence-electron chi connectivity index (χ0n) is 10.4. The standard InChI is InChI=1S/C12H12BrClN2O3/c1-7(10-4-3-9(14)5-11(10)13)15-16(8(2)17)6-12(18)19/h3-5H,6H2,1-2H3,(H,18,19)/b15-7+. The van der Waals surface area contributed by atoms with E-state index in [1.54, 1.807) is 25.1 Å². The Morgan fingerprint density at radius 3 is 2.53 bits per heavy atom. The van der Waals surface area contributed by atoms with E-state index in [-0.39, 0.29) is 0 Å². The van der Waals surface area contributed by atoms with Crippen LogP contribution in [0.15, 0.2) is 27.8 Å². The minimum Gasteiger partial charge on any atom is -0.480 e. The molecule has 0 unspecified atom stereocenters. The second-order valence-corrected chi connectivity index (χ2v) is 5.07. The van der Waals surface area contributed by atoms with E-state index in [1.807, 2.05) is 0 Å². The van der Waals surface area contributed by atoms with Crippen LogP contribution in [-0.4, -0.2) is 34.2 Å². The van der Waals surface area contributed by atoms with Gasteiger partial charge in [-0.1, -0.05) is 33.6 Å². The van der Waals surface area contributed by atoms with Gasteiger partial charge < -0.3 is 5.11 Å². The van der Waals surface area contributed by atoms with Crippen LogP contribution in [-0.2, 0) is 9.59 Å². The normalized spacial score (nSPS) is 11.3. The van der Waals surface area contributed by atoms with E-state index >= 15 is 0 Å². The molecule has 0 atom stereocenters. The number of carbonyl (C=O) groups excluding carboxylic acids is 1. The topological polar surface area (TPSA) is 70.0 Å². The van der Waals surface area contributed by atoms with Crippen LogP contribution >= 0.6 is 27.5 Å². The van der Waals surface area contributed by atoms with Crippen molar-refractivity contribution in [3.63, 3.8) is 0 Å². The molecule has 0 aliphatic carbocycles. The Balaban J connectivity index is 3.07. The third-order valence-corrected chi connectivity index (χ3v) is 3.13. The van der Waals surface area contributed by atoms with Gasteiger partial charge in [-0.25, -0.2) is 5.01 Å². The van der Waals surface area contributed by atoms with E-state index in [0.29, 0.717) is 10.7 Å². The first-order valence-corrected chi connectivity index (χ1v) is 6.49. The molecular weight excluding hydrogens is 336 g/mol. The van der Waals surface area contributed by atoms with E-state index in [4.69, 9.17) is 16.7 Å². The maximum absolute atomic E-state index is 11.3. The SMILES string of the molecule is CC(=O)N(CC(=O)O)/N=C(\C)c1ccc(Cl)cc1Br. The van der Waals surface area contributed by atoms with Crippen molar-refractivity contribution in [1.82, 2.24) is 5.01 Å². The number of hydrazone groups is 1. The summed E-state index contributed by atoms with van der Waals surface area (Å²) in [6.07, 6.45) is 0. The maximum Gasteiger partial charge on any atom is 0.325 e. The molecule has 0 aromatic heterocycles. The summed E-state index contributed by atoms with van der Waals surface area (Å²) in [5.74, 6) is -1.56. The van der Waals surface area contributed by atoms with Gasteiger partial charge in [0.2, 0.25) is 5.91 Å². The van der Waals surface area contributed by atoms with Crippen LogP contribution in [0.2, 0.25) is 5.02 Å². The summed E-state index contributed by atoms with van der Waals surface area (Å²) in [6, 6.07) is 5.13. The lowest BCUT2D eigenvalue weighted by Gasteiger charge is -2.14. The number of amides is 1. The highest BCUT2D eigenvalue weighted by molar-refractivity contribution is 9.10. The van der Waals surface area contributed by atoms with E-state index in [9.17, 15) is 9.59 Å². The number of benzene rings is 1. The summed E-state index contributed by atoms with van der Waals surface area (Å²) in [5, 5.41) is 14.2. The van der Waals surface area contributed by atoms with Crippen molar-refractivity contribution in [3.8, 4) is 0 Å². The van der Waals surface area contributed by atoms with Gasteiger partial charge in [-0.05, 0) is 19.1 Å². The van der Waals surface area contributed by atoms with Gasteiger partial charge in [0.25, 0.3) is 0 Å². The van der Waals surface area contributed by atoms with Gasteiger partial charge in [0.05, 0.1) is 5.71 Å². The third kappa shape index (κ3) is 4.65. The van der Waals surface area contributed by atoms with Crippen molar-refractivity contribution < 1.29 is 14.7 Å². The third-order valence-electron chi connectivity index (χ3n) is 2.24. The molecule has 0 aliphatic rings. The molecule has 5 nitrogen and oxygen atoms in total. The zero-order valence-corrected chi connectivity index (χ0v) is 12.7.